The SMILES string of the molecule is COc1ccc(C(C)CC(=O)N(C)C2CCNC2)cc1. The van der Waals surface area contributed by atoms with Crippen LogP contribution >= 0.6 is 0 Å². The van der Waals surface area contributed by atoms with E-state index in [1.165, 1.54) is 5.56 Å². The fourth-order valence-electron chi connectivity index (χ4n) is 2.63. The minimum Gasteiger partial charge on any atom is -0.497 e. The van der Waals surface area contributed by atoms with Crippen molar-refractivity contribution in [3.8, 4) is 5.75 Å². The van der Waals surface area contributed by atoms with Crippen LogP contribution in [0.5, 0.6) is 5.75 Å². The normalized spacial score (nSPS) is 19.6. The van der Waals surface area contributed by atoms with Crippen LogP contribution in [-0.2, 0) is 4.79 Å². The average molecular weight is 276 g/mol. The summed E-state index contributed by atoms with van der Waals surface area (Å²) in [5.41, 5.74) is 1.18. The van der Waals surface area contributed by atoms with Crippen LogP contribution in [0, 0.1) is 0 Å². The first-order valence-electron chi connectivity index (χ1n) is 7.22. The van der Waals surface area contributed by atoms with Crippen molar-refractivity contribution < 1.29 is 9.53 Å². The number of hydrogen-bond donors (Lipinski definition) is 1. The Kier molecular flexibility index (Phi) is 5.01. The molecule has 2 rings (SSSR count). The van der Waals surface area contributed by atoms with E-state index in [1.807, 2.05) is 36.2 Å². The smallest absolute Gasteiger partial charge is 0.223 e. The van der Waals surface area contributed by atoms with Crippen molar-refractivity contribution in [2.75, 3.05) is 27.2 Å². The molecule has 1 amide bonds. The number of amides is 1. The van der Waals surface area contributed by atoms with Crippen molar-refractivity contribution in [1.29, 1.82) is 0 Å². The maximum atomic E-state index is 12.3. The first-order chi connectivity index (χ1) is 9.61. The van der Waals surface area contributed by atoms with Crippen LogP contribution in [0.3, 0.4) is 0 Å². The maximum Gasteiger partial charge on any atom is 0.223 e. The summed E-state index contributed by atoms with van der Waals surface area (Å²) in [4.78, 5) is 14.2. The van der Waals surface area contributed by atoms with Gasteiger partial charge in [0.15, 0.2) is 0 Å². The van der Waals surface area contributed by atoms with Crippen molar-refractivity contribution in [1.82, 2.24) is 10.2 Å². The Balaban J connectivity index is 1.92. The fraction of sp³-hybridized carbons (Fsp3) is 0.562. The highest BCUT2D eigenvalue weighted by atomic mass is 16.5. The van der Waals surface area contributed by atoms with E-state index < -0.39 is 0 Å². The molecule has 1 heterocycles. The van der Waals surface area contributed by atoms with Crippen LogP contribution in [-0.4, -0.2) is 44.1 Å². The number of benzene rings is 1. The molecule has 2 atom stereocenters. The predicted molar refractivity (Wildman–Crippen MR) is 80.1 cm³/mol. The van der Waals surface area contributed by atoms with E-state index in [0.717, 1.165) is 25.3 Å². The van der Waals surface area contributed by atoms with Gasteiger partial charge in [0, 0.05) is 26.1 Å². The van der Waals surface area contributed by atoms with E-state index in [-0.39, 0.29) is 11.8 Å². The van der Waals surface area contributed by atoms with E-state index in [0.29, 0.717) is 12.5 Å². The third-order valence-corrected chi connectivity index (χ3v) is 4.14. The van der Waals surface area contributed by atoms with Gasteiger partial charge in [-0.2, -0.15) is 0 Å². The zero-order valence-corrected chi connectivity index (χ0v) is 12.6. The number of hydrogen-bond acceptors (Lipinski definition) is 3. The van der Waals surface area contributed by atoms with E-state index in [2.05, 4.69) is 12.2 Å². The van der Waals surface area contributed by atoms with Crippen molar-refractivity contribution in [2.45, 2.75) is 31.7 Å². The molecule has 4 heteroatoms. The minimum atomic E-state index is 0.224. The highest BCUT2D eigenvalue weighted by Gasteiger charge is 2.24. The van der Waals surface area contributed by atoms with Gasteiger partial charge in [-0.1, -0.05) is 19.1 Å². The molecule has 1 N–H and O–H groups in total. The lowest BCUT2D eigenvalue weighted by atomic mass is 9.97. The molecule has 1 aromatic rings. The Bertz CT molecular complexity index is 438. The van der Waals surface area contributed by atoms with Gasteiger partial charge in [-0.15, -0.1) is 0 Å². The number of rotatable bonds is 5. The molecule has 0 radical (unpaired) electrons. The summed E-state index contributed by atoms with van der Waals surface area (Å²) < 4.78 is 5.15. The molecule has 20 heavy (non-hydrogen) atoms. The molecule has 0 bridgehead atoms. The second kappa shape index (κ2) is 6.75. The Morgan fingerprint density at radius 3 is 2.70 bits per heavy atom. The summed E-state index contributed by atoms with van der Waals surface area (Å²) in [6.07, 6.45) is 1.61. The fourth-order valence-corrected chi connectivity index (χ4v) is 2.63. The molecule has 1 saturated heterocycles. The molecule has 4 nitrogen and oxygen atoms in total. The summed E-state index contributed by atoms with van der Waals surface area (Å²) in [5.74, 6) is 1.30. The van der Waals surface area contributed by atoms with Gasteiger partial charge in [0.25, 0.3) is 0 Å². The lowest BCUT2D eigenvalue weighted by molar-refractivity contribution is -0.132. The zero-order chi connectivity index (χ0) is 14.5. The molecule has 0 saturated carbocycles. The number of ether oxygens (including phenoxy) is 1. The van der Waals surface area contributed by atoms with Gasteiger partial charge in [-0.3, -0.25) is 4.79 Å². The number of carbonyl (C=O) groups is 1. The molecule has 0 aromatic heterocycles. The standard InChI is InChI=1S/C16H24N2O2/c1-12(13-4-6-15(20-3)7-5-13)10-16(19)18(2)14-8-9-17-11-14/h4-7,12,14,17H,8-11H2,1-3H3. The van der Waals surface area contributed by atoms with Gasteiger partial charge in [0.05, 0.1) is 7.11 Å². The van der Waals surface area contributed by atoms with Crippen molar-refractivity contribution in [2.24, 2.45) is 0 Å². The van der Waals surface area contributed by atoms with Gasteiger partial charge in [-0.05, 0) is 36.6 Å². The molecular formula is C16H24N2O2. The quantitative estimate of drug-likeness (QED) is 0.894. The molecule has 1 fully saturated rings. The largest absolute Gasteiger partial charge is 0.497 e. The van der Waals surface area contributed by atoms with Crippen molar-refractivity contribution >= 4 is 5.91 Å². The van der Waals surface area contributed by atoms with Crippen LogP contribution in [0.25, 0.3) is 0 Å². The Morgan fingerprint density at radius 2 is 2.15 bits per heavy atom. The summed E-state index contributed by atoms with van der Waals surface area (Å²) >= 11 is 0. The molecule has 1 aromatic carbocycles. The Hall–Kier alpha value is -1.55. The first kappa shape index (κ1) is 14.9. The topological polar surface area (TPSA) is 41.6 Å². The lowest BCUT2D eigenvalue weighted by Crippen LogP contribution is -2.38. The van der Waals surface area contributed by atoms with Gasteiger partial charge >= 0.3 is 0 Å². The molecule has 110 valence electrons. The Labute approximate surface area is 121 Å². The van der Waals surface area contributed by atoms with E-state index in [9.17, 15) is 4.79 Å². The summed E-state index contributed by atoms with van der Waals surface area (Å²) in [6.45, 7) is 4.02. The molecule has 2 unspecified atom stereocenters. The maximum absolute atomic E-state index is 12.3. The van der Waals surface area contributed by atoms with Gasteiger partial charge in [-0.25, -0.2) is 0 Å². The van der Waals surface area contributed by atoms with Crippen LogP contribution in [0.4, 0.5) is 0 Å². The average Bonchev–Trinajstić information content (AvgIpc) is 3.00. The first-order valence-corrected chi connectivity index (χ1v) is 7.22. The van der Waals surface area contributed by atoms with Gasteiger partial charge in [0.2, 0.25) is 5.91 Å². The summed E-state index contributed by atoms with van der Waals surface area (Å²) in [7, 11) is 3.58. The molecule has 0 aliphatic carbocycles. The number of carbonyl (C=O) groups excluding carboxylic acids is 1. The predicted octanol–water partition coefficient (Wildman–Crippen LogP) is 2.01. The van der Waals surface area contributed by atoms with E-state index >= 15 is 0 Å². The lowest BCUT2D eigenvalue weighted by Gasteiger charge is -2.25. The molecule has 1 aliphatic rings. The van der Waals surface area contributed by atoms with Crippen molar-refractivity contribution in [3.63, 3.8) is 0 Å². The number of methoxy groups -OCH3 is 1. The van der Waals surface area contributed by atoms with Crippen molar-refractivity contribution in [3.05, 3.63) is 29.8 Å². The van der Waals surface area contributed by atoms with Crippen LogP contribution in [0.1, 0.15) is 31.2 Å². The highest BCUT2D eigenvalue weighted by Crippen LogP contribution is 2.23. The van der Waals surface area contributed by atoms with Crippen LogP contribution in [0.15, 0.2) is 24.3 Å². The second-order valence-electron chi connectivity index (χ2n) is 5.53. The number of nitrogens with one attached hydrogen (secondary N) is 1. The van der Waals surface area contributed by atoms with Crippen LogP contribution < -0.4 is 10.1 Å². The second-order valence-corrected chi connectivity index (χ2v) is 5.53. The monoisotopic (exact) mass is 276 g/mol. The molecular weight excluding hydrogens is 252 g/mol. The van der Waals surface area contributed by atoms with Gasteiger partial charge in [0.1, 0.15) is 5.75 Å². The Morgan fingerprint density at radius 1 is 1.45 bits per heavy atom. The summed E-state index contributed by atoms with van der Waals surface area (Å²) in [6, 6.07) is 8.31. The number of nitrogens with zero attached hydrogens (tertiary/aromatic N) is 1. The zero-order valence-electron chi connectivity index (χ0n) is 12.6. The molecule has 1 aliphatic heterocycles. The van der Waals surface area contributed by atoms with Crippen LogP contribution in [0.2, 0.25) is 0 Å². The highest BCUT2D eigenvalue weighted by molar-refractivity contribution is 5.77. The third-order valence-electron chi connectivity index (χ3n) is 4.14. The van der Waals surface area contributed by atoms with E-state index in [4.69, 9.17) is 4.74 Å². The summed E-state index contributed by atoms with van der Waals surface area (Å²) in [5, 5.41) is 3.30. The third kappa shape index (κ3) is 3.51. The number of likely N-dealkylation sites (N-methyl/N-ethyl adjacent to an activating group) is 1. The van der Waals surface area contributed by atoms with Gasteiger partial charge < -0.3 is 15.0 Å². The molecule has 0 spiro atoms. The van der Waals surface area contributed by atoms with E-state index in [1.54, 1.807) is 7.11 Å². The minimum absolute atomic E-state index is 0.224.